The summed E-state index contributed by atoms with van der Waals surface area (Å²) in [7, 11) is 0. The molecule has 1 aliphatic rings. The van der Waals surface area contributed by atoms with Crippen LogP contribution in [-0.4, -0.2) is 6.04 Å². The molecule has 0 saturated carbocycles. The lowest BCUT2D eigenvalue weighted by atomic mass is 10.0. The number of thiophene rings is 1. The number of halogens is 1. The summed E-state index contributed by atoms with van der Waals surface area (Å²) in [5, 5.41) is 3.55. The molecular formula is C11H14ClNS. The van der Waals surface area contributed by atoms with E-state index in [0.29, 0.717) is 6.04 Å². The molecule has 0 radical (unpaired) electrons. The summed E-state index contributed by atoms with van der Waals surface area (Å²) in [5.74, 6) is 0. The molecule has 1 N–H and O–H groups in total. The second kappa shape index (κ2) is 4.96. The van der Waals surface area contributed by atoms with E-state index in [2.05, 4.69) is 23.5 Å². The molecule has 76 valence electrons. The molecule has 1 atom stereocenters. The van der Waals surface area contributed by atoms with Crippen LogP contribution >= 0.6 is 22.9 Å². The van der Waals surface area contributed by atoms with E-state index in [1.54, 1.807) is 11.3 Å². The van der Waals surface area contributed by atoms with Crippen LogP contribution in [0.15, 0.2) is 24.3 Å². The Hall–Kier alpha value is -0.310. The smallest absolute Gasteiger partial charge is 0.0931 e. The van der Waals surface area contributed by atoms with Crippen LogP contribution in [0.3, 0.4) is 0 Å². The van der Waals surface area contributed by atoms with E-state index < -0.39 is 0 Å². The molecule has 2 rings (SSSR count). The number of nitrogens with one attached hydrogen (secondary N) is 1. The van der Waals surface area contributed by atoms with Gasteiger partial charge in [-0.25, -0.2) is 0 Å². The molecule has 1 aromatic heterocycles. The Kier molecular flexibility index (Phi) is 3.62. The third-order valence-corrected chi connectivity index (χ3v) is 3.69. The van der Waals surface area contributed by atoms with Crippen molar-refractivity contribution in [1.82, 2.24) is 5.32 Å². The van der Waals surface area contributed by atoms with Crippen molar-refractivity contribution in [2.45, 2.75) is 31.8 Å². The first-order valence-corrected chi connectivity index (χ1v) is 6.16. The fourth-order valence-corrected chi connectivity index (χ4v) is 2.71. The van der Waals surface area contributed by atoms with Crippen LogP contribution in [0.25, 0.3) is 0 Å². The predicted molar refractivity (Wildman–Crippen MR) is 62.9 cm³/mol. The molecule has 0 spiro atoms. The van der Waals surface area contributed by atoms with Crippen molar-refractivity contribution in [2.75, 3.05) is 0 Å². The van der Waals surface area contributed by atoms with Crippen molar-refractivity contribution in [1.29, 1.82) is 0 Å². The predicted octanol–water partition coefficient (Wildman–Crippen LogP) is 3.60. The van der Waals surface area contributed by atoms with Gasteiger partial charge >= 0.3 is 0 Å². The van der Waals surface area contributed by atoms with Crippen LogP contribution in [0.4, 0.5) is 0 Å². The summed E-state index contributed by atoms with van der Waals surface area (Å²) >= 11 is 7.52. The van der Waals surface area contributed by atoms with Crippen LogP contribution in [0.1, 0.15) is 24.1 Å². The molecule has 0 fully saturated rings. The van der Waals surface area contributed by atoms with Gasteiger partial charge in [-0.2, -0.15) is 0 Å². The van der Waals surface area contributed by atoms with Crippen molar-refractivity contribution in [3.05, 3.63) is 33.5 Å². The first-order chi connectivity index (χ1) is 6.84. The quantitative estimate of drug-likeness (QED) is 0.779. The molecule has 1 unspecified atom stereocenters. The summed E-state index contributed by atoms with van der Waals surface area (Å²) in [6, 6.07) is 4.71. The molecule has 3 heteroatoms. The van der Waals surface area contributed by atoms with Gasteiger partial charge < -0.3 is 5.32 Å². The van der Waals surface area contributed by atoms with Crippen molar-refractivity contribution in [3.63, 3.8) is 0 Å². The van der Waals surface area contributed by atoms with E-state index in [1.165, 1.54) is 24.1 Å². The lowest BCUT2D eigenvalue weighted by molar-refractivity contribution is 0.476. The van der Waals surface area contributed by atoms with Crippen molar-refractivity contribution in [2.24, 2.45) is 0 Å². The van der Waals surface area contributed by atoms with Crippen LogP contribution < -0.4 is 5.32 Å². The second-order valence-electron chi connectivity index (χ2n) is 3.57. The van der Waals surface area contributed by atoms with Crippen molar-refractivity contribution >= 4 is 22.9 Å². The highest BCUT2D eigenvalue weighted by atomic mass is 35.5. The highest BCUT2D eigenvalue weighted by Gasteiger charge is 2.08. The summed E-state index contributed by atoms with van der Waals surface area (Å²) in [4.78, 5) is 1.32. The van der Waals surface area contributed by atoms with Crippen LogP contribution in [0, 0.1) is 0 Å². The average Bonchev–Trinajstić information content (AvgIpc) is 2.63. The maximum Gasteiger partial charge on any atom is 0.0931 e. The second-order valence-corrected chi connectivity index (χ2v) is 5.37. The van der Waals surface area contributed by atoms with Gasteiger partial charge in [-0.05, 0) is 31.4 Å². The molecule has 0 saturated heterocycles. The fourth-order valence-electron chi connectivity index (χ4n) is 1.67. The number of rotatable bonds is 3. The largest absolute Gasteiger partial charge is 0.309 e. The average molecular weight is 228 g/mol. The zero-order valence-corrected chi connectivity index (χ0v) is 9.57. The van der Waals surface area contributed by atoms with Crippen molar-refractivity contribution in [3.8, 4) is 0 Å². The molecular weight excluding hydrogens is 214 g/mol. The Bertz CT molecular complexity index is 319. The van der Waals surface area contributed by atoms with Gasteiger partial charge in [0.15, 0.2) is 0 Å². The molecule has 1 aliphatic carbocycles. The molecule has 1 heterocycles. The summed E-state index contributed by atoms with van der Waals surface area (Å²) in [6.07, 6.45) is 8.17. The van der Waals surface area contributed by atoms with Gasteiger partial charge in [0.05, 0.1) is 4.34 Å². The molecule has 0 aliphatic heterocycles. The standard InChI is InChI=1S/C11H14ClNS/c12-11-7-6-10(14-11)8-13-9-4-2-1-3-5-9/h1-2,6-7,9,13H,3-5,8H2. The Balaban J connectivity index is 1.79. The minimum Gasteiger partial charge on any atom is -0.309 e. The molecule has 0 aromatic carbocycles. The van der Waals surface area contributed by atoms with Crippen molar-refractivity contribution < 1.29 is 0 Å². The van der Waals surface area contributed by atoms with Gasteiger partial charge in [0.1, 0.15) is 0 Å². The van der Waals surface area contributed by atoms with Crippen LogP contribution in [-0.2, 0) is 6.54 Å². The third kappa shape index (κ3) is 2.84. The SMILES string of the molecule is Clc1ccc(CNC2CC=CCC2)s1. The van der Waals surface area contributed by atoms with E-state index in [1.807, 2.05) is 6.07 Å². The molecule has 14 heavy (non-hydrogen) atoms. The maximum atomic E-state index is 5.86. The van der Waals surface area contributed by atoms with E-state index in [-0.39, 0.29) is 0 Å². The Morgan fingerprint density at radius 1 is 1.43 bits per heavy atom. The van der Waals surface area contributed by atoms with Crippen LogP contribution in [0.5, 0.6) is 0 Å². The topological polar surface area (TPSA) is 12.0 Å². The van der Waals surface area contributed by atoms with Gasteiger partial charge in [0, 0.05) is 17.5 Å². The molecule has 0 bridgehead atoms. The monoisotopic (exact) mass is 227 g/mol. The van der Waals surface area contributed by atoms with E-state index >= 15 is 0 Å². The zero-order chi connectivity index (χ0) is 9.80. The van der Waals surface area contributed by atoms with Crippen LogP contribution in [0.2, 0.25) is 4.34 Å². The van der Waals surface area contributed by atoms with Gasteiger partial charge in [0.2, 0.25) is 0 Å². The lowest BCUT2D eigenvalue weighted by Crippen LogP contribution is -2.28. The minimum atomic E-state index is 0.654. The first kappa shape index (κ1) is 10.2. The molecule has 1 aromatic rings. The maximum absolute atomic E-state index is 5.86. The highest BCUT2D eigenvalue weighted by molar-refractivity contribution is 7.16. The third-order valence-electron chi connectivity index (χ3n) is 2.46. The fraction of sp³-hybridized carbons (Fsp3) is 0.455. The highest BCUT2D eigenvalue weighted by Crippen LogP contribution is 2.21. The van der Waals surface area contributed by atoms with Gasteiger partial charge in [0.25, 0.3) is 0 Å². The first-order valence-electron chi connectivity index (χ1n) is 4.97. The zero-order valence-electron chi connectivity index (χ0n) is 8.00. The number of allylic oxidation sites excluding steroid dienone is 1. The molecule has 1 nitrogen and oxygen atoms in total. The summed E-state index contributed by atoms with van der Waals surface area (Å²) in [6.45, 7) is 0.954. The molecule has 0 amide bonds. The van der Waals surface area contributed by atoms with E-state index in [0.717, 1.165) is 10.9 Å². The Morgan fingerprint density at radius 3 is 3.00 bits per heavy atom. The summed E-state index contributed by atoms with van der Waals surface area (Å²) in [5.41, 5.74) is 0. The number of hydrogen-bond donors (Lipinski definition) is 1. The van der Waals surface area contributed by atoms with E-state index in [4.69, 9.17) is 11.6 Å². The van der Waals surface area contributed by atoms with Gasteiger partial charge in [-0.15, -0.1) is 11.3 Å². The Morgan fingerprint density at radius 2 is 2.36 bits per heavy atom. The van der Waals surface area contributed by atoms with E-state index in [9.17, 15) is 0 Å². The number of hydrogen-bond acceptors (Lipinski definition) is 2. The normalized spacial score (nSPS) is 21.4. The minimum absolute atomic E-state index is 0.654. The lowest BCUT2D eigenvalue weighted by Gasteiger charge is -2.18. The van der Waals surface area contributed by atoms with Gasteiger partial charge in [-0.1, -0.05) is 23.8 Å². The Labute approximate surface area is 93.8 Å². The summed E-state index contributed by atoms with van der Waals surface area (Å²) < 4.78 is 0.880. The van der Waals surface area contributed by atoms with Gasteiger partial charge in [-0.3, -0.25) is 0 Å².